The molecule has 1 saturated heterocycles. The average molecular weight is 605 g/mol. The van der Waals surface area contributed by atoms with Gasteiger partial charge in [-0.15, -0.1) is 11.8 Å². The lowest BCUT2D eigenvalue weighted by Gasteiger charge is -2.33. The van der Waals surface area contributed by atoms with Crippen molar-refractivity contribution in [1.29, 1.82) is 0 Å². The number of nitrogens with one attached hydrogen (secondary N) is 3. The number of thioether (sulfide) groups is 1. The standard InChI is InChI=1S/C33H40N4O5S/c1-22-10-8-9-13-25(22)20-34-30(39)29-33(2,3)43-21-37(29)31(40)28(38)27(18-23-11-6-5-7-12-23)36-32(41)35-19-24-14-16-26(42-4)17-15-24/h5-17,27-29,38H,18-21H2,1-4H3,(H,34,39)(H2,35,36,41)/t27-,28-,29+/m0/s1. The summed E-state index contributed by atoms with van der Waals surface area (Å²) in [6, 6.07) is 22.2. The van der Waals surface area contributed by atoms with Crippen LogP contribution in [-0.4, -0.2) is 63.8 Å². The summed E-state index contributed by atoms with van der Waals surface area (Å²) >= 11 is 1.48. The molecule has 0 saturated carbocycles. The van der Waals surface area contributed by atoms with Gasteiger partial charge in [-0.2, -0.15) is 0 Å². The van der Waals surface area contributed by atoms with E-state index < -0.39 is 34.9 Å². The third-order valence-electron chi connectivity index (χ3n) is 7.65. The van der Waals surface area contributed by atoms with Crippen LogP contribution >= 0.6 is 11.8 Å². The second-order valence-corrected chi connectivity index (χ2v) is 12.7. The Bertz CT molecular complexity index is 1400. The zero-order chi connectivity index (χ0) is 31.0. The van der Waals surface area contributed by atoms with E-state index in [9.17, 15) is 19.5 Å². The fraction of sp³-hybridized carbons (Fsp3) is 0.364. The largest absolute Gasteiger partial charge is 0.497 e. The number of rotatable bonds is 11. The highest BCUT2D eigenvalue weighted by atomic mass is 32.2. The molecule has 1 heterocycles. The van der Waals surface area contributed by atoms with Gasteiger partial charge in [0.15, 0.2) is 6.10 Å². The molecule has 0 aliphatic carbocycles. The Kier molecular flexibility index (Phi) is 10.7. The van der Waals surface area contributed by atoms with Gasteiger partial charge >= 0.3 is 6.03 Å². The molecular formula is C33H40N4O5S. The Morgan fingerprint density at radius 3 is 2.30 bits per heavy atom. The number of amides is 4. The molecule has 228 valence electrons. The Morgan fingerprint density at radius 2 is 1.63 bits per heavy atom. The third-order valence-corrected chi connectivity index (χ3v) is 9.03. The lowest BCUT2D eigenvalue weighted by atomic mass is 9.97. The summed E-state index contributed by atoms with van der Waals surface area (Å²) < 4.78 is 4.60. The molecule has 0 bridgehead atoms. The molecule has 9 nitrogen and oxygen atoms in total. The molecule has 1 aliphatic heterocycles. The molecule has 4 N–H and O–H groups in total. The molecule has 4 amide bonds. The zero-order valence-electron chi connectivity index (χ0n) is 25.0. The molecule has 0 unspecified atom stereocenters. The van der Waals surface area contributed by atoms with Crippen molar-refractivity contribution < 1.29 is 24.2 Å². The van der Waals surface area contributed by atoms with Crippen LogP contribution in [0.25, 0.3) is 0 Å². The van der Waals surface area contributed by atoms with Crippen molar-refractivity contribution in [3.8, 4) is 5.75 Å². The summed E-state index contributed by atoms with van der Waals surface area (Å²) in [4.78, 5) is 41.7. The van der Waals surface area contributed by atoms with Crippen LogP contribution in [0.1, 0.15) is 36.1 Å². The maximum absolute atomic E-state index is 13.8. The van der Waals surface area contributed by atoms with E-state index in [-0.39, 0.29) is 24.7 Å². The number of nitrogens with zero attached hydrogens (tertiary/aromatic N) is 1. The molecule has 10 heteroatoms. The number of carbonyl (C=O) groups is 3. The predicted molar refractivity (Wildman–Crippen MR) is 169 cm³/mol. The molecule has 3 aromatic rings. The van der Waals surface area contributed by atoms with Gasteiger partial charge in [0, 0.05) is 17.8 Å². The number of carbonyl (C=O) groups excluding carboxylic acids is 3. The van der Waals surface area contributed by atoms with Gasteiger partial charge < -0.3 is 30.7 Å². The zero-order valence-corrected chi connectivity index (χ0v) is 25.8. The maximum Gasteiger partial charge on any atom is 0.315 e. The van der Waals surface area contributed by atoms with Crippen LogP contribution in [0.3, 0.4) is 0 Å². The highest BCUT2D eigenvalue weighted by Crippen LogP contribution is 2.40. The lowest BCUT2D eigenvalue weighted by molar-refractivity contribution is -0.147. The number of ether oxygens (including phenoxy) is 1. The molecule has 1 fully saturated rings. The first-order chi connectivity index (χ1) is 20.6. The highest BCUT2D eigenvalue weighted by molar-refractivity contribution is 8.00. The molecule has 0 spiro atoms. The van der Waals surface area contributed by atoms with Gasteiger partial charge in [-0.05, 0) is 61.6 Å². The van der Waals surface area contributed by atoms with Crippen LogP contribution in [0.4, 0.5) is 4.79 Å². The summed E-state index contributed by atoms with van der Waals surface area (Å²) in [6.07, 6.45) is -1.36. The normalized spacial score (nSPS) is 17.0. The van der Waals surface area contributed by atoms with Crippen molar-refractivity contribution in [3.05, 3.63) is 101 Å². The summed E-state index contributed by atoms with van der Waals surface area (Å²) in [7, 11) is 1.59. The van der Waals surface area contributed by atoms with E-state index in [0.717, 1.165) is 22.3 Å². The van der Waals surface area contributed by atoms with E-state index in [1.165, 1.54) is 16.7 Å². The van der Waals surface area contributed by atoms with Gasteiger partial charge in [0.1, 0.15) is 11.8 Å². The minimum atomic E-state index is -1.58. The number of hydrogen-bond donors (Lipinski definition) is 4. The molecule has 3 aromatic carbocycles. The second kappa shape index (κ2) is 14.4. The van der Waals surface area contributed by atoms with E-state index in [1.807, 2.05) is 87.5 Å². The number of urea groups is 1. The summed E-state index contributed by atoms with van der Waals surface area (Å²) in [5, 5.41) is 20.0. The molecule has 1 aliphatic rings. The number of methoxy groups -OCH3 is 1. The Morgan fingerprint density at radius 1 is 0.953 bits per heavy atom. The first kappa shape index (κ1) is 31.9. The third kappa shape index (κ3) is 8.30. The van der Waals surface area contributed by atoms with Crippen molar-refractivity contribution in [1.82, 2.24) is 20.9 Å². The smallest absolute Gasteiger partial charge is 0.315 e. The Hall–Kier alpha value is -4.02. The highest BCUT2D eigenvalue weighted by Gasteiger charge is 2.49. The van der Waals surface area contributed by atoms with Crippen molar-refractivity contribution >= 4 is 29.6 Å². The predicted octanol–water partition coefficient (Wildman–Crippen LogP) is 3.77. The number of aliphatic hydroxyl groups is 1. The van der Waals surface area contributed by atoms with Gasteiger partial charge in [-0.25, -0.2) is 4.79 Å². The number of hydrogen-bond acceptors (Lipinski definition) is 6. The summed E-state index contributed by atoms with van der Waals surface area (Å²) in [5.41, 5.74) is 3.76. The number of benzene rings is 3. The van der Waals surface area contributed by atoms with Crippen LogP contribution in [0.5, 0.6) is 5.75 Å². The van der Waals surface area contributed by atoms with Gasteiger partial charge in [-0.3, -0.25) is 9.59 Å². The molecular weight excluding hydrogens is 564 g/mol. The summed E-state index contributed by atoms with van der Waals surface area (Å²) in [6.45, 7) is 6.40. The molecule has 0 aromatic heterocycles. The van der Waals surface area contributed by atoms with Crippen LogP contribution < -0.4 is 20.7 Å². The first-order valence-corrected chi connectivity index (χ1v) is 15.2. The van der Waals surface area contributed by atoms with Crippen molar-refractivity contribution in [2.45, 2.75) is 63.2 Å². The van der Waals surface area contributed by atoms with Crippen molar-refractivity contribution in [3.63, 3.8) is 0 Å². The van der Waals surface area contributed by atoms with E-state index >= 15 is 0 Å². The quantitative estimate of drug-likeness (QED) is 0.265. The SMILES string of the molecule is COc1ccc(CNC(=O)N[C@@H](Cc2ccccc2)[C@H](O)C(=O)N2CSC(C)(C)[C@H]2C(=O)NCc2ccccc2C)cc1. The topological polar surface area (TPSA) is 120 Å². The van der Waals surface area contributed by atoms with E-state index in [0.29, 0.717) is 12.3 Å². The minimum Gasteiger partial charge on any atom is -0.497 e. The van der Waals surface area contributed by atoms with Gasteiger partial charge in [0.2, 0.25) is 5.91 Å². The minimum absolute atomic E-state index is 0.220. The van der Waals surface area contributed by atoms with Crippen LogP contribution in [0.15, 0.2) is 78.9 Å². The van der Waals surface area contributed by atoms with Crippen molar-refractivity contribution in [2.24, 2.45) is 0 Å². The lowest BCUT2D eigenvalue weighted by Crippen LogP contribution is -2.59. The van der Waals surface area contributed by atoms with E-state index in [2.05, 4.69) is 16.0 Å². The molecule has 3 atom stereocenters. The van der Waals surface area contributed by atoms with Crippen LogP contribution in [0, 0.1) is 6.92 Å². The molecule has 0 radical (unpaired) electrons. The van der Waals surface area contributed by atoms with Gasteiger partial charge in [0.05, 0.1) is 19.0 Å². The molecule has 4 rings (SSSR count). The van der Waals surface area contributed by atoms with Gasteiger partial charge in [0.25, 0.3) is 5.91 Å². The number of aliphatic hydroxyl groups excluding tert-OH is 1. The fourth-order valence-corrected chi connectivity index (χ4v) is 6.24. The second-order valence-electron chi connectivity index (χ2n) is 11.1. The number of aryl methyl sites for hydroxylation is 1. The molecule has 43 heavy (non-hydrogen) atoms. The monoisotopic (exact) mass is 604 g/mol. The summed E-state index contributed by atoms with van der Waals surface area (Å²) in [5.74, 6) is 0.0601. The van der Waals surface area contributed by atoms with E-state index in [4.69, 9.17) is 4.74 Å². The van der Waals surface area contributed by atoms with Crippen molar-refractivity contribution in [2.75, 3.05) is 13.0 Å². The van der Waals surface area contributed by atoms with Crippen LogP contribution in [-0.2, 0) is 29.1 Å². The Labute approximate surface area is 257 Å². The maximum atomic E-state index is 13.8. The first-order valence-electron chi connectivity index (χ1n) is 14.2. The average Bonchev–Trinajstić information content (AvgIpc) is 3.33. The van der Waals surface area contributed by atoms with Crippen LogP contribution in [0.2, 0.25) is 0 Å². The fourth-order valence-electron chi connectivity index (χ4n) is 5.10. The Balaban J connectivity index is 1.47. The van der Waals surface area contributed by atoms with E-state index in [1.54, 1.807) is 19.2 Å². The van der Waals surface area contributed by atoms with Gasteiger partial charge in [-0.1, -0.05) is 66.7 Å².